The average Bonchev–Trinajstić information content (AvgIpc) is 2.91. The maximum absolute atomic E-state index is 12.7. The van der Waals surface area contributed by atoms with Crippen LogP contribution in [0.25, 0.3) is 0 Å². The van der Waals surface area contributed by atoms with Crippen molar-refractivity contribution in [1.82, 2.24) is 8.61 Å². The van der Waals surface area contributed by atoms with Crippen LogP contribution in [0.1, 0.15) is 17.5 Å². The summed E-state index contributed by atoms with van der Waals surface area (Å²) in [4.78, 5) is 10.8. The lowest BCUT2D eigenvalue weighted by atomic mass is 10.1. The van der Waals surface area contributed by atoms with Crippen LogP contribution in [0.15, 0.2) is 24.3 Å². The molecule has 0 amide bonds. The van der Waals surface area contributed by atoms with Crippen LogP contribution < -0.4 is 0 Å². The Morgan fingerprint density at radius 2 is 1.86 bits per heavy atom. The van der Waals surface area contributed by atoms with Crippen LogP contribution in [0.2, 0.25) is 0 Å². The van der Waals surface area contributed by atoms with Crippen LogP contribution in [0.4, 0.5) is 0 Å². The van der Waals surface area contributed by atoms with Gasteiger partial charge in [-0.15, -0.1) is 0 Å². The molecule has 1 aromatic rings. The smallest absolute Gasteiger partial charge is 0.306 e. The second kappa shape index (κ2) is 5.96. The molecule has 0 saturated carbocycles. The lowest BCUT2D eigenvalue weighted by Crippen LogP contribution is -2.50. The molecule has 22 heavy (non-hydrogen) atoms. The van der Waals surface area contributed by atoms with Gasteiger partial charge >= 0.3 is 5.97 Å². The maximum atomic E-state index is 12.7. The summed E-state index contributed by atoms with van der Waals surface area (Å²) >= 11 is 0. The summed E-state index contributed by atoms with van der Waals surface area (Å²) in [6.07, 6.45) is -0.780. The third-order valence-corrected chi connectivity index (χ3v) is 5.86. The highest BCUT2D eigenvalue weighted by Gasteiger charge is 2.37. The molecule has 2 aliphatic heterocycles. The van der Waals surface area contributed by atoms with Crippen LogP contribution >= 0.6 is 0 Å². The molecule has 1 atom stereocenters. The summed E-state index contributed by atoms with van der Waals surface area (Å²) in [7, 11) is -3.60. The number of morpholine rings is 1. The number of fused-ring (bicyclic) bond motifs is 1. The number of hydrogen-bond donors (Lipinski definition) is 1. The molecule has 2 heterocycles. The van der Waals surface area contributed by atoms with Gasteiger partial charge in [-0.1, -0.05) is 24.3 Å². The van der Waals surface area contributed by atoms with Crippen LogP contribution in [0.3, 0.4) is 0 Å². The Morgan fingerprint density at radius 1 is 1.23 bits per heavy atom. The van der Waals surface area contributed by atoms with Crippen molar-refractivity contribution >= 4 is 16.2 Å². The molecule has 1 fully saturated rings. The summed E-state index contributed by atoms with van der Waals surface area (Å²) in [5.74, 6) is -0.988. The van der Waals surface area contributed by atoms with Gasteiger partial charge in [0.05, 0.1) is 19.1 Å². The van der Waals surface area contributed by atoms with E-state index in [1.807, 2.05) is 24.3 Å². The molecule has 2 aliphatic rings. The monoisotopic (exact) mass is 326 g/mol. The van der Waals surface area contributed by atoms with E-state index >= 15 is 0 Å². The van der Waals surface area contributed by atoms with Gasteiger partial charge in [0.15, 0.2) is 0 Å². The molecule has 0 spiro atoms. The van der Waals surface area contributed by atoms with E-state index in [4.69, 9.17) is 9.84 Å². The Kier molecular flexibility index (Phi) is 4.18. The molecule has 3 rings (SSSR count). The molecular weight excluding hydrogens is 308 g/mol. The number of aliphatic carboxylic acids is 1. The zero-order valence-electron chi connectivity index (χ0n) is 12.0. The molecule has 1 saturated heterocycles. The van der Waals surface area contributed by atoms with Gasteiger partial charge in [-0.3, -0.25) is 4.79 Å². The van der Waals surface area contributed by atoms with Crippen LogP contribution in [-0.2, 0) is 32.8 Å². The molecular formula is C14H18N2O5S. The van der Waals surface area contributed by atoms with Gasteiger partial charge in [-0.05, 0) is 11.1 Å². The quantitative estimate of drug-likeness (QED) is 0.866. The number of carbonyl (C=O) groups is 1. The van der Waals surface area contributed by atoms with Crippen LogP contribution in [0.5, 0.6) is 0 Å². The van der Waals surface area contributed by atoms with Crippen molar-refractivity contribution in [2.24, 2.45) is 0 Å². The summed E-state index contributed by atoms with van der Waals surface area (Å²) in [5.41, 5.74) is 2.03. The Morgan fingerprint density at radius 3 is 2.45 bits per heavy atom. The SMILES string of the molecule is O=C(O)CC1CN(S(=O)(=O)N2Cc3ccccc3C2)CCO1. The molecule has 8 heteroatoms. The molecule has 1 aromatic carbocycles. The number of hydrogen-bond acceptors (Lipinski definition) is 4. The normalized spacial score (nSPS) is 23.4. The van der Waals surface area contributed by atoms with Crippen LogP contribution in [0, 0.1) is 0 Å². The number of rotatable bonds is 4. The molecule has 0 bridgehead atoms. The number of carboxylic acids is 1. The second-order valence-corrected chi connectivity index (χ2v) is 7.42. The topological polar surface area (TPSA) is 87.2 Å². The van der Waals surface area contributed by atoms with Gasteiger partial charge in [-0.2, -0.15) is 17.0 Å². The van der Waals surface area contributed by atoms with Gasteiger partial charge in [0.2, 0.25) is 0 Å². The highest BCUT2D eigenvalue weighted by Crippen LogP contribution is 2.27. The Balaban J connectivity index is 1.72. The molecule has 7 nitrogen and oxygen atoms in total. The van der Waals surface area contributed by atoms with Crippen molar-refractivity contribution in [3.63, 3.8) is 0 Å². The van der Waals surface area contributed by atoms with Crippen molar-refractivity contribution in [3.8, 4) is 0 Å². The lowest BCUT2D eigenvalue weighted by molar-refractivity contribution is -0.141. The Hall–Kier alpha value is -1.48. The zero-order valence-corrected chi connectivity index (χ0v) is 12.8. The van der Waals surface area contributed by atoms with Crippen LogP contribution in [-0.4, -0.2) is 53.9 Å². The molecule has 0 aliphatic carbocycles. The van der Waals surface area contributed by atoms with E-state index in [0.717, 1.165) is 11.1 Å². The van der Waals surface area contributed by atoms with Gasteiger partial charge in [0, 0.05) is 26.2 Å². The summed E-state index contributed by atoms with van der Waals surface area (Å²) in [5, 5.41) is 8.83. The van der Waals surface area contributed by atoms with E-state index in [-0.39, 0.29) is 26.1 Å². The maximum Gasteiger partial charge on any atom is 0.306 e. The summed E-state index contributed by atoms with van der Waals surface area (Å²) in [6, 6.07) is 7.65. The first-order chi connectivity index (χ1) is 10.5. The van der Waals surface area contributed by atoms with E-state index in [1.54, 1.807) is 0 Å². The third kappa shape index (κ3) is 3.00. The predicted octanol–water partition coefficient (Wildman–Crippen LogP) is 0.422. The van der Waals surface area contributed by atoms with Crippen molar-refractivity contribution in [1.29, 1.82) is 0 Å². The highest BCUT2D eigenvalue weighted by molar-refractivity contribution is 7.86. The van der Waals surface area contributed by atoms with E-state index < -0.39 is 22.3 Å². The molecule has 0 aromatic heterocycles. The van der Waals surface area contributed by atoms with E-state index in [9.17, 15) is 13.2 Å². The minimum Gasteiger partial charge on any atom is -0.481 e. The van der Waals surface area contributed by atoms with Gasteiger partial charge in [0.25, 0.3) is 10.2 Å². The van der Waals surface area contributed by atoms with E-state index in [0.29, 0.717) is 13.1 Å². The van der Waals surface area contributed by atoms with Gasteiger partial charge < -0.3 is 9.84 Å². The van der Waals surface area contributed by atoms with Crippen molar-refractivity contribution in [2.45, 2.75) is 25.6 Å². The standard InChI is InChI=1S/C14H18N2O5S/c17-14(18)7-13-10-15(5-6-21-13)22(19,20)16-8-11-3-1-2-4-12(11)9-16/h1-4,13H,5-10H2,(H,17,18). The molecule has 120 valence electrons. The Bertz CT molecular complexity index is 651. The number of benzene rings is 1. The first kappa shape index (κ1) is 15.4. The van der Waals surface area contributed by atoms with Gasteiger partial charge in [-0.25, -0.2) is 0 Å². The minimum absolute atomic E-state index is 0.0848. The van der Waals surface area contributed by atoms with E-state index in [2.05, 4.69) is 0 Å². The van der Waals surface area contributed by atoms with Crippen molar-refractivity contribution in [3.05, 3.63) is 35.4 Å². The fourth-order valence-electron chi connectivity index (χ4n) is 2.85. The molecule has 1 N–H and O–H groups in total. The summed E-state index contributed by atoms with van der Waals surface area (Å²) in [6.45, 7) is 1.28. The predicted molar refractivity (Wildman–Crippen MR) is 78.2 cm³/mol. The van der Waals surface area contributed by atoms with E-state index in [1.165, 1.54) is 8.61 Å². The fourth-order valence-corrected chi connectivity index (χ4v) is 4.44. The first-order valence-electron chi connectivity index (χ1n) is 7.12. The first-order valence-corrected chi connectivity index (χ1v) is 8.52. The van der Waals surface area contributed by atoms with Crippen molar-refractivity contribution in [2.75, 3.05) is 19.7 Å². The second-order valence-electron chi connectivity index (χ2n) is 5.49. The highest BCUT2D eigenvalue weighted by atomic mass is 32.2. The average molecular weight is 326 g/mol. The molecule has 1 unspecified atom stereocenters. The number of ether oxygens (including phenoxy) is 1. The third-order valence-electron chi connectivity index (χ3n) is 3.97. The lowest BCUT2D eigenvalue weighted by Gasteiger charge is -2.33. The Labute approximate surface area is 129 Å². The summed E-state index contributed by atoms with van der Waals surface area (Å²) < 4.78 is 33.6. The largest absolute Gasteiger partial charge is 0.481 e. The fraction of sp³-hybridized carbons (Fsp3) is 0.500. The zero-order chi connectivity index (χ0) is 15.7. The minimum atomic E-state index is -3.60. The molecule has 0 radical (unpaired) electrons. The number of nitrogens with zero attached hydrogens (tertiary/aromatic N) is 2. The van der Waals surface area contributed by atoms with Gasteiger partial charge in [0.1, 0.15) is 0 Å². The number of carboxylic acid groups (broad SMARTS) is 1. The van der Waals surface area contributed by atoms with Crippen molar-refractivity contribution < 1.29 is 23.1 Å².